The molecule has 1 aliphatic heterocycles. The second kappa shape index (κ2) is 8.15. The van der Waals surface area contributed by atoms with Crippen molar-refractivity contribution in [3.8, 4) is 0 Å². The Hall–Kier alpha value is -1.82. The maximum absolute atomic E-state index is 12.1. The molecule has 0 spiro atoms. The largest absolute Gasteiger partial charge is 0.463 e. The van der Waals surface area contributed by atoms with Crippen LogP contribution in [0, 0.1) is 0 Å². The number of nitrogens with zero attached hydrogens (tertiary/aromatic N) is 1. The summed E-state index contributed by atoms with van der Waals surface area (Å²) < 4.78 is 7.00. The summed E-state index contributed by atoms with van der Waals surface area (Å²) in [5.74, 6) is -0.257. The van der Waals surface area contributed by atoms with Gasteiger partial charge < -0.3 is 9.84 Å². The Bertz CT molecular complexity index is 714. The number of fused-ring (bicyclic) bond motifs is 1. The van der Waals surface area contributed by atoms with Gasteiger partial charge in [0.1, 0.15) is 0 Å². The minimum Gasteiger partial charge on any atom is -0.463 e. The molecule has 0 fully saturated rings. The van der Waals surface area contributed by atoms with E-state index in [9.17, 15) is 4.79 Å². The molecule has 0 saturated carbocycles. The lowest BCUT2D eigenvalue weighted by molar-refractivity contribution is -0.138. The van der Waals surface area contributed by atoms with Crippen molar-refractivity contribution in [2.45, 2.75) is 13.0 Å². The van der Waals surface area contributed by atoms with Crippen LogP contribution in [-0.4, -0.2) is 35.6 Å². The standard InChI is InChI=1S/C17H17NO2S.CH4O/c1-2-20-17(19)15-9-10-18(21)16(15)14-8-7-12-5-3-4-6-13(12)11-14;1-2/h3-9,11,16,21H,2,10H2,1H3;2H,1H3. The van der Waals surface area contributed by atoms with E-state index in [1.165, 1.54) is 5.39 Å². The Morgan fingerprint density at radius 2 is 1.96 bits per heavy atom. The zero-order valence-electron chi connectivity index (χ0n) is 13.3. The van der Waals surface area contributed by atoms with E-state index in [0.29, 0.717) is 18.7 Å². The zero-order chi connectivity index (χ0) is 16.8. The van der Waals surface area contributed by atoms with E-state index in [4.69, 9.17) is 9.84 Å². The Kier molecular flexibility index (Phi) is 6.21. The van der Waals surface area contributed by atoms with Crippen LogP contribution in [0.1, 0.15) is 18.5 Å². The molecule has 4 nitrogen and oxygen atoms in total. The molecule has 0 saturated heterocycles. The van der Waals surface area contributed by atoms with Crippen molar-refractivity contribution >= 4 is 29.6 Å². The number of aliphatic hydroxyl groups is 1. The van der Waals surface area contributed by atoms with Crippen LogP contribution in [0.4, 0.5) is 0 Å². The molecular weight excluding hydrogens is 310 g/mol. The number of rotatable bonds is 3. The first kappa shape index (κ1) is 17.5. The molecule has 1 atom stereocenters. The van der Waals surface area contributed by atoms with Crippen LogP contribution in [-0.2, 0) is 9.53 Å². The van der Waals surface area contributed by atoms with Crippen LogP contribution >= 0.6 is 12.8 Å². The molecular formula is C18H21NO3S. The molecule has 1 aliphatic rings. The van der Waals surface area contributed by atoms with Gasteiger partial charge in [0.05, 0.1) is 18.2 Å². The van der Waals surface area contributed by atoms with E-state index in [2.05, 4.69) is 43.1 Å². The van der Waals surface area contributed by atoms with Crippen molar-refractivity contribution in [3.63, 3.8) is 0 Å². The summed E-state index contributed by atoms with van der Waals surface area (Å²) in [7, 11) is 1.00. The predicted molar refractivity (Wildman–Crippen MR) is 95.2 cm³/mol. The zero-order valence-corrected chi connectivity index (χ0v) is 14.2. The molecule has 3 rings (SSSR count). The maximum Gasteiger partial charge on any atom is 0.335 e. The molecule has 0 radical (unpaired) electrons. The highest BCUT2D eigenvalue weighted by Gasteiger charge is 2.32. The van der Waals surface area contributed by atoms with Gasteiger partial charge in [-0.3, -0.25) is 0 Å². The van der Waals surface area contributed by atoms with Crippen molar-refractivity contribution in [2.24, 2.45) is 0 Å². The van der Waals surface area contributed by atoms with Crippen LogP contribution in [0.2, 0.25) is 0 Å². The van der Waals surface area contributed by atoms with Crippen LogP contribution in [0.3, 0.4) is 0 Å². The summed E-state index contributed by atoms with van der Waals surface area (Å²) in [6.07, 6.45) is 1.89. The summed E-state index contributed by atoms with van der Waals surface area (Å²) in [5.41, 5.74) is 1.72. The number of hydrogen-bond acceptors (Lipinski definition) is 5. The highest BCUT2D eigenvalue weighted by molar-refractivity contribution is 7.77. The fraction of sp³-hybridized carbons (Fsp3) is 0.278. The molecule has 5 heteroatoms. The molecule has 0 bridgehead atoms. The van der Waals surface area contributed by atoms with Gasteiger partial charge in [-0.2, -0.15) is 0 Å². The van der Waals surface area contributed by atoms with Gasteiger partial charge in [0.2, 0.25) is 0 Å². The number of thiol groups is 1. The average Bonchev–Trinajstić information content (AvgIpc) is 2.98. The van der Waals surface area contributed by atoms with Crippen molar-refractivity contribution < 1.29 is 14.6 Å². The molecule has 2 aromatic rings. The molecule has 0 aromatic heterocycles. The third-order valence-corrected chi connectivity index (χ3v) is 4.09. The Labute approximate surface area is 141 Å². The van der Waals surface area contributed by atoms with Gasteiger partial charge in [0.15, 0.2) is 0 Å². The Morgan fingerprint density at radius 1 is 1.26 bits per heavy atom. The first-order valence-corrected chi connectivity index (χ1v) is 7.87. The highest BCUT2D eigenvalue weighted by atomic mass is 32.1. The lowest BCUT2D eigenvalue weighted by Crippen LogP contribution is -2.20. The molecule has 1 heterocycles. The third-order valence-electron chi connectivity index (χ3n) is 3.69. The minimum atomic E-state index is -0.257. The highest BCUT2D eigenvalue weighted by Crippen LogP contribution is 2.36. The molecule has 0 aliphatic carbocycles. The normalized spacial score (nSPS) is 17.4. The quantitative estimate of drug-likeness (QED) is 0.670. The SMILES string of the molecule is CCOC(=O)C1=CCN(S)C1c1ccc2ccccc2c1.CO. The first-order valence-electron chi connectivity index (χ1n) is 7.47. The summed E-state index contributed by atoms with van der Waals surface area (Å²) >= 11 is 4.49. The van der Waals surface area contributed by atoms with Crippen molar-refractivity contribution in [1.29, 1.82) is 0 Å². The maximum atomic E-state index is 12.1. The van der Waals surface area contributed by atoms with Crippen molar-refractivity contribution in [3.05, 3.63) is 59.7 Å². The van der Waals surface area contributed by atoms with Crippen LogP contribution in [0.5, 0.6) is 0 Å². The second-order valence-corrected chi connectivity index (χ2v) is 5.52. The molecule has 1 unspecified atom stereocenters. The molecule has 0 amide bonds. The monoisotopic (exact) mass is 331 g/mol. The number of benzene rings is 2. The third kappa shape index (κ3) is 3.75. The van der Waals surface area contributed by atoms with E-state index in [-0.39, 0.29) is 12.0 Å². The summed E-state index contributed by atoms with van der Waals surface area (Å²) in [6, 6.07) is 14.3. The summed E-state index contributed by atoms with van der Waals surface area (Å²) in [4.78, 5) is 12.1. The first-order chi connectivity index (χ1) is 11.2. The number of carbonyl (C=O) groups excluding carboxylic acids is 1. The Morgan fingerprint density at radius 3 is 2.65 bits per heavy atom. The van der Waals surface area contributed by atoms with Crippen LogP contribution in [0.15, 0.2) is 54.1 Å². The van der Waals surface area contributed by atoms with Gasteiger partial charge in [-0.15, -0.1) is 0 Å². The smallest absolute Gasteiger partial charge is 0.335 e. The number of hydrogen-bond donors (Lipinski definition) is 2. The molecule has 23 heavy (non-hydrogen) atoms. The van der Waals surface area contributed by atoms with Gasteiger partial charge in [0.25, 0.3) is 0 Å². The van der Waals surface area contributed by atoms with E-state index < -0.39 is 0 Å². The fourth-order valence-electron chi connectivity index (χ4n) is 2.71. The number of ether oxygens (including phenoxy) is 1. The van der Waals surface area contributed by atoms with E-state index in [0.717, 1.165) is 18.1 Å². The molecule has 1 N–H and O–H groups in total. The fourth-order valence-corrected chi connectivity index (χ4v) is 3.05. The lowest BCUT2D eigenvalue weighted by atomic mass is 9.98. The van der Waals surface area contributed by atoms with Gasteiger partial charge in [-0.1, -0.05) is 55.3 Å². The van der Waals surface area contributed by atoms with Crippen LogP contribution in [0.25, 0.3) is 10.8 Å². The number of esters is 1. The predicted octanol–water partition coefficient (Wildman–Crippen LogP) is 3.14. The van der Waals surface area contributed by atoms with Gasteiger partial charge in [0, 0.05) is 13.7 Å². The summed E-state index contributed by atoms with van der Waals surface area (Å²) in [5, 5.41) is 9.35. The second-order valence-electron chi connectivity index (χ2n) is 5.01. The summed E-state index contributed by atoms with van der Waals surface area (Å²) in [6.45, 7) is 2.83. The van der Waals surface area contributed by atoms with Crippen molar-refractivity contribution in [2.75, 3.05) is 20.3 Å². The molecule has 2 aromatic carbocycles. The molecule has 122 valence electrons. The number of aliphatic hydroxyl groups excluding tert-OH is 1. The van der Waals surface area contributed by atoms with E-state index in [1.54, 1.807) is 0 Å². The van der Waals surface area contributed by atoms with Gasteiger partial charge in [-0.05, 0) is 29.3 Å². The van der Waals surface area contributed by atoms with Gasteiger partial charge in [-0.25, -0.2) is 9.10 Å². The van der Waals surface area contributed by atoms with E-state index in [1.807, 2.05) is 29.4 Å². The minimum absolute atomic E-state index is 0.156. The Balaban J connectivity index is 0.000000924. The average molecular weight is 331 g/mol. The van der Waals surface area contributed by atoms with Gasteiger partial charge >= 0.3 is 5.97 Å². The van der Waals surface area contributed by atoms with Crippen LogP contribution < -0.4 is 0 Å². The topological polar surface area (TPSA) is 49.8 Å². The number of carbonyl (C=O) groups is 1. The van der Waals surface area contributed by atoms with Crippen molar-refractivity contribution in [1.82, 2.24) is 4.31 Å². The lowest BCUT2D eigenvalue weighted by Gasteiger charge is -2.22. The van der Waals surface area contributed by atoms with E-state index >= 15 is 0 Å².